The number of allylic oxidation sites excluding steroid dienone is 1. The van der Waals surface area contributed by atoms with Gasteiger partial charge in [-0.05, 0) is 37.6 Å². The van der Waals surface area contributed by atoms with Crippen LogP contribution in [0.25, 0.3) is 0 Å². The van der Waals surface area contributed by atoms with Crippen molar-refractivity contribution in [3.05, 3.63) is 41.6 Å². The first-order valence-electron chi connectivity index (χ1n) is 6.40. The predicted molar refractivity (Wildman–Crippen MR) is 80.1 cm³/mol. The van der Waals surface area contributed by atoms with Gasteiger partial charge in [0, 0.05) is 11.4 Å². The highest BCUT2D eigenvalue weighted by molar-refractivity contribution is 7.62. The van der Waals surface area contributed by atoms with Crippen LogP contribution in [0.1, 0.15) is 33.1 Å². The van der Waals surface area contributed by atoms with E-state index in [1.807, 2.05) is 0 Å². The molecular weight excluding hydrogens is 283 g/mol. The summed E-state index contributed by atoms with van der Waals surface area (Å²) >= 11 is 5.82. The lowest BCUT2D eigenvalue weighted by Gasteiger charge is -2.20. The molecule has 0 saturated carbocycles. The monoisotopic (exact) mass is 302 g/mol. The molecular formula is C14H20ClO3P. The second kappa shape index (κ2) is 7.74. The predicted octanol–water partition coefficient (Wildman–Crippen LogP) is 4.92. The van der Waals surface area contributed by atoms with E-state index in [1.165, 1.54) is 0 Å². The van der Waals surface area contributed by atoms with Gasteiger partial charge >= 0.3 is 7.60 Å². The first kappa shape index (κ1) is 16.3. The average molecular weight is 303 g/mol. The third kappa shape index (κ3) is 5.02. The molecule has 106 valence electrons. The molecule has 0 aromatic heterocycles. The minimum Gasteiger partial charge on any atom is -0.426 e. The molecule has 0 heterocycles. The lowest BCUT2D eigenvalue weighted by molar-refractivity contribution is 0.255. The van der Waals surface area contributed by atoms with Crippen molar-refractivity contribution in [2.45, 2.75) is 33.1 Å². The summed E-state index contributed by atoms with van der Waals surface area (Å²) in [6.07, 6.45) is 2.66. The third-order valence-electron chi connectivity index (χ3n) is 2.50. The molecule has 3 nitrogen and oxygen atoms in total. The molecule has 1 unspecified atom stereocenters. The molecule has 0 amide bonds. The Balaban J connectivity index is 2.87. The van der Waals surface area contributed by atoms with Crippen molar-refractivity contribution in [2.75, 3.05) is 6.61 Å². The molecule has 0 aliphatic carbocycles. The molecule has 0 N–H and O–H groups in total. The minimum absolute atomic E-state index is 0.307. The number of hydrogen-bond donors (Lipinski definition) is 0. The van der Waals surface area contributed by atoms with Crippen LogP contribution in [0.5, 0.6) is 0 Å². The normalized spacial score (nSPS) is 13.8. The quantitative estimate of drug-likeness (QED) is 0.505. The molecule has 5 heteroatoms. The van der Waals surface area contributed by atoms with E-state index < -0.39 is 7.60 Å². The lowest BCUT2D eigenvalue weighted by Crippen LogP contribution is -2.10. The van der Waals surface area contributed by atoms with Gasteiger partial charge in [0.1, 0.15) is 0 Å². The highest BCUT2D eigenvalue weighted by Crippen LogP contribution is 2.49. The van der Waals surface area contributed by atoms with Crippen LogP contribution in [-0.2, 0) is 13.6 Å². The van der Waals surface area contributed by atoms with Crippen LogP contribution in [-0.4, -0.2) is 6.61 Å². The van der Waals surface area contributed by atoms with Crippen LogP contribution in [0.15, 0.2) is 36.6 Å². The first-order valence-corrected chi connectivity index (χ1v) is 8.32. The second-order valence-corrected chi connectivity index (χ2v) is 6.51. The molecule has 0 radical (unpaired) electrons. The Kier molecular flexibility index (Phi) is 6.64. The third-order valence-corrected chi connectivity index (χ3v) is 4.78. The van der Waals surface area contributed by atoms with Crippen LogP contribution >= 0.6 is 19.2 Å². The smallest absolute Gasteiger partial charge is 0.410 e. The van der Waals surface area contributed by atoms with E-state index in [-0.39, 0.29) is 0 Å². The van der Waals surface area contributed by atoms with Gasteiger partial charge in [0.2, 0.25) is 0 Å². The van der Waals surface area contributed by atoms with E-state index in [1.54, 1.807) is 31.2 Å². The summed E-state index contributed by atoms with van der Waals surface area (Å²) in [5.74, 6) is 0.494. The first-order chi connectivity index (χ1) is 9.01. The van der Waals surface area contributed by atoms with Gasteiger partial charge in [0.05, 0.1) is 17.7 Å². The number of hydrogen-bond acceptors (Lipinski definition) is 3. The maximum Gasteiger partial charge on any atom is 0.410 e. The Morgan fingerprint density at radius 1 is 1.32 bits per heavy atom. The molecule has 0 bridgehead atoms. The zero-order valence-corrected chi connectivity index (χ0v) is 13.0. The van der Waals surface area contributed by atoms with E-state index in [2.05, 4.69) is 13.5 Å². The molecule has 1 atom stereocenters. The SMILES string of the molecule is C=C(CCCC)OP(=O)(OCC)c1ccc(Cl)cc1. The fraction of sp³-hybridized carbons (Fsp3) is 0.429. The highest BCUT2D eigenvalue weighted by Gasteiger charge is 2.28. The summed E-state index contributed by atoms with van der Waals surface area (Å²) in [5, 5.41) is 1.08. The second-order valence-electron chi connectivity index (χ2n) is 4.13. The van der Waals surface area contributed by atoms with Crippen molar-refractivity contribution in [1.82, 2.24) is 0 Å². The van der Waals surface area contributed by atoms with Crippen molar-refractivity contribution in [3.63, 3.8) is 0 Å². The van der Waals surface area contributed by atoms with Crippen LogP contribution in [0.4, 0.5) is 0 Å². The Labute approximate surface area is 120 Å². The van der Waals surface area contributed by atoms with Gasteiger partial charge in [-0.15, -0.1) is 0 Å². The van der Waals surface area contributed by atoms with E-state index >= 15 is 0 Å². The molecule has 1 aromatic carbocycles. The van der Waals surface area contributed by atoms with Gasteiger partial charge < -0.3 is 4.52 Å². The van der Waals surface area contributed by atoms with Crippen LogP contribution in [0.2, 0.25) is 5.02 Å². The van der Waals surface area contributed by atoms with E-state index in [0.717, 1.165) is 12.8 Å². The van der Waals surface area contributed by atoms with E-state index in [4.69, 9.17) is 20.6 Å². The largest absolute Gasteiger partial charge is 0.426 e. The summed E-state index contributed by atoms with van der Waals surface area (Å²) in [6.45, 7) is 7.97. The number of rotatable bonds is 8. The number of halogens is 1. The van der Waals surface area contributed by atoms with E-state index in [0.29, 0.717) is 29.1 Å². The molecule has 0 saturated heterocycles. The number of unbranched alkanes of at least 4 members (excludes halogenated alkanes) is 1. The van der Waals surface area contributed by atoms with Crippen molar-refractivity contribution in [3.8, 4) is 0 Å². The molecule has 0 spiro atoms. The Morgan fingerprint density at radius 3 is 2.47 bits per heavy atom. The van der Waals surface area contributed by atoms with Crippen molar-refractivity contribution in [1.29, 1.82) is 0 Å². The average Bonchev–Trinajstić information content (AvgIpc) is 2.37. The van der Waals surface area contributed by atoms with Crippen LogP contribution in [0, 0.1) is 0 Å². The molecule has 19 heavy (non-hydrogen) atoms. The zero-order valence-electron chi connectivity index (χ0n) is 11.4. The van der Waals surface area contributed by atoms with Crippen molar-refractivity contribution < 1.29 is 13.6 Å². The maximum absolute atomic E-state index is 12.8. The highest BCUT2D eigenvalue weighted by atomic mass is 35.5. The molecule has 1 aromatic rings. The molecule has 0 fully saturated rings. The Morgan fingerprint density at radius 2 is 1.95 bits per heavy atom. The molecule has 0 aliphatic heterocycles. The summed E-state index contributed by atoms with van der Waals surface area (Å²) in [4.78, 5) is 0. The van der Waals surface area contributed by atoms with Gasteiger partial charge in [0.25, 0.3) is 0 Å². The van der Waals surface area contributed by atoms with Crippen molar-refractivity contribution in [2.24, 2.45) is 0 Å². The van der Waals surface area contributed by atoms with Crippen LogP contribution < -0.4 is 5.30 Å². The maximum atomic E-state index is 12.8. The summed E-state index contributed by atoms with van der Waals surface area (Å²) in [6, 6.07) is 6.65. The standard InChI is InChI=1S/C14H20ClO3P/c1-4-6-7-12(3)18-19(16,17-5-2)14-10-8-13(15)9-11-14/h8-11H,3-7H2,1-2H3. The minimum atomic E-state index is -3.35. The zero-order chi connectivity index (χ0) is 14.3. The van der Waals surface area contributed by atoms with Gasteiger partial charge in [-0.2, -0.15) is 0 Å². The van der Waals surface area contributed by atoms with Crippen LogP contribution in [0.3, 0.4) is 0 Å². The molecule has 0 aliphatic rings. The van der Waals surface area contributed by atoms with Crippen molar-refractivity contribution >= 4 is 24.5 Å². The van der Waals surface area contributed by atoms with Gasteiger partial charge in [-0.25, -0.2) is 4.57 Å². The van der Waals surface area contributed by atoms with Gasteiger partial charge in [-0.3, -0.25) is 4.52 Å². The van der Waals surface area contributed by atoms with Gasteiger partial charge in [0.15, 0.2) is 0 Å². The summed E-state index contributed by atoms with van der Waals surface area (Å²) in [7, 11) is -3.35. The van der Waals surface area contributed by atoms with E-state index in [9.17, 15) is 4.57 Å². The fourth-order valence-electron chi connectivity index (χ4n) is 1.54. The topological polar surface area (TPSA) is 35.5 Å². The number of benzene rings is 1. The Hall–Kier alpha value is -0.760. The fourth-order valence-corrected chi connectivity index (χ4v) is 3.26. The Bertz CT molecular complexity index is 456. The van der Waals surface area contributed by atoms with Gasteiger partial charge in [-0.1, -0.05) is 31.5 Å². The summed E-state index contributed by atoms with van der Waals surface area (Å²) < 4.78 is 23.6. The lowest BCUT2D eigenvalue weighted by atomic mass is 10.2. The molecule has 1 rings (SSSR count). The summed E-state index contributed by atoms with van der Waals surface area (Å²) in [5.41, 5.74) is 0.